The van der Waals surface area contributed by atoms with Crippen LogP contribution in [0.1, 0.15) is 9.88 Å². The van der Waals surface area contributed by atoms with E-state index in [1.807, 2.05) is 19.2 Å². The van der Waals surface area contributed by atoms with Gasteiger partial charge in [-0.15, -0.1) is 11.3 Å². The molecule has 0 atom stereocenters. The van der Waals surface area contributed by atoms with Crippen LogP contribution in [-0.4, -0.2) is 16.1 Å². The Morgan fingerprint density at radius 3 is 3.06 bits per heavy atom. The zero-order valence-electron chi connectivity index (χ0n) is 9.72. The number of nitrogens with zero attached hydrogens (tertiary/aromatic N) is 2. The van der Waals surface area contributed by atoms with Gasteiger partial charge in [0.2, 0.25) is 0 Å². The van der Waals surface area contributed by atoms with Gasteiger partial charge < -0.3 is 9.88 Å². The third kappa shape index (κ3) is 3.51. The van der Waals surface area contributed by atoms with Crippen molar-refractivity contribution < 1.29 is 0 Å². The van der Waals surface area contributed by atoms with Gasteiger partial charge in [0.05, 0.1) is 5.01 Å². The molecule has 0 radical (unpaired) electrons. The minimum Gasteiger partial charge on any atom is -0.314 e. The van der Waals surface area contributed by atoms with Gasteiger partial charge in [-0.1, -0.05) is 6.07 Å². The molecule has 0 unspecified atom stereocenters. The van der Waals surface area contributed by atoms with E-state index in [2.05, 4.69) is 10.3 Å². The Balaban J connectivity index is 1.77. The molecular weight excluding hydrogens is 234 g/mol. The van der Waals surface area contributed by atoms with Crippen LogP contribution in [0.15, 0.2) is 35.4 Å². The SMILES string of the molecule is Cc1ncc(CNCCn2ccccc2=O)s1. The highest BCUT2D eigenvalue weighted by Gasteiger charge is 1.97. The maximum atomic E-state index is 11.4. The highest BCUT2D eigenvalue weighted by Crippen LogP contribution is 2.10. The van der Waals surface area contributed by atoms with E-state index in [1.54, 1.807) is 34.2 Å². The Hall–Kier alpha value is -1.46. The van der Waals surface area contributed by atoms with E-state index >= 15 is 0 Å². The van der Waals surface area contributed by atoms with Crippen LogP contribution in [0.4, 0.5) is 0 Å². The number of nitrogens with one attached hydrogen (secondary N) is 1. The van der Waals surface area contributed by atoms with Crippen molar-refractivity contribution in [3.05, 3.63) is 50.8 Å². The molecule has 90 valence electrons. The molecule has 5 heteroatoms. The first-order valence-corrected chi connectivity index (χ1v) is 6.35. The highest BCUT2D eigenvalue weighted by atomic mass is 32.1. The molecule has 17 heavy (non-hydrogen) atoms. The highest BCUT2D eigenvalue weighted by molar-refractivity contribution is 7.11. The molecule has 0 saturated carbocycles. The van der Waals surface area contributed by atoms with Gasteiger partial charge in [0, 0.05) is 43.0 Å². The van der Waals surface area contributed by atoms with Gasteiger partial charge in [-0.05, 0) is 13.0 Å². The minimum absolute atomic E-state index is 0.0444. The molecule has 0 aliphatic heterocycles. The van der Waals surface area contributed by atoms with Crippen molar-refractivity contribution in [1.82, 2.24) is 14.9 Å². The van der Waals surface area contributed by atoms with Crippen molar-refractivity contribution in [3.63, 3.8) is 0 Å². The Bertz CT molecular complexity index is 532. The second-order valence-corrected chi connectivity index (χ2v) is 5.07. The van der Waals surface area contributed by atoms with Crippen molar-refractivity contribution in [2.24, 2.45) is 0 Å². The fourth-order valence-electron chi connectivity index (χ4n) is 1.54. The van der Waals surface area contributed by atoms with Gasteiger partial charge in [-0.2, -0.15) is 0 Å². The molecule has 2 aromatic rings. The van der Waals surface area contributed by atoms with Crippen LogP contribution >= 0.6 is 11.3 Å². The Morgan fingerprint density at radius 1 is 1.47 bits per heavy atom. The summed E-state index contributed by atoms with van der Waals surface area (Å²) in [5.74, 6) is 0. The first kappa shape index (κ1) is 12.0. The summed E-state index contributed by atoms with van der Waals surface area (Å²) in [5.41, 5.74) is 0.0444. The summed E-state index contributed by atoms with van der Waals surface area (Å²) >= 11 is 1.69. The second kappa shape index (κ2) is 5.75. The maximum Gasteiger partial charge on any atom is 0.250 e. The number of hydrogen-bond donors (Lipinski definition) is 1. The number of pyridine rings is 1. The largest absolute Gasteiger partial charge is 0.314 e. The number of aromatic nitrogens is 2. The quantitative estimate of drug-likeness (QED) is 0.815. The molecular formula is C12H15N3OS. The average Bonchev–Trinajstić information content (AvgIpc) is 2.73. The molecule has 0 aromatic carbocycles. The van der Waals surface area contributed by atoms with E-state index in [0.717, 1.165) is 18.1 Å². The van der Waals surface area contributed by atoms with Crippen LogP contribution in [0.3, 0.4) is 0 Å². The summed E-state index contributed by atoms with van der Waals surface area (Å²) in [6.45, 7) is 4.28. The van der Waals surface area contributed by atoms with E-state index in [9.17, 15) is 4.79 Å². The van der Waals surface area contributed by atoms with Crippen LogP contribution in [0, 0.1) is 6.92 Å². The van der Waals surface area contributed by atoms with Crippen molar-refractivity contribution in [1.29, 1.82) is 0 Å². The molecule has 2 aromatic heterocycles. The van der Waals surface area contributed by atoms with Gasteiger partial charge >= 0.3 is 0 Å². The fourth-order valence-corrected chi connectivity index (χ4v) is 2.31. The molecule has 0 fully saturated rings. The van der Waals surface area contributed by atoms with Gasteiger partial charge in [-0.25, -0.2) is 4.98 Å². The van der Waals surface area contributed by atoms with Crippen molar-refractivity contribution in [3.8, 4) is 0 Å². The van der Waals surface area contributed by atoms with Crippen LogP contribution in [0.2, 0.25) is 0 Å². The summed E-state index contributed by atoms with van der Waals surface area (Å²) < 4.78 is 1.70. The minimum atomic E-state index is 0.0444. The predicted molar refractivity (Wildman–Crippen MR) is 69.3 cm³/mol. The van der Waals surface area contributed by atoms with Gasteiger partial charge in [0.1, 0.15) is 0 Å². The number of thiazole rings is 1. The lowest BCUT2D eigenvalue weighted by atomic mass is 10.4. The first-order valence-electron chi connectivity index (χ1n) is 5.53. The number of rotatable bonds is 5. The van der Waals surface area contributed by atoms with Crippen LogP contribution in [0.25, 0.3) is 0 Å². The van der Waals surface area contributed by atoms with E-state index in [4.69, 9.17) is 0 Å². The summed E-state index contributed by atoms with van der Waals surface area (Å²) in [4.78, 5) is 16.8. The Kier molecular flexibility index (Phi) is 4.06. The summed E-state index contributed by atoms with van der Waals surface area (Å²) in [7, 11) is 0. The topological polar surface area (TPSA) is 46.9 Å². The molecule has 0 bridgehead atoms. The molecule has 1 N–H and O–H groups in total. The van der Waals surface area contributed by atoms with E-state index in [0.29, 0.717) is 6.54 Å². The van der Waals surface area contributed by atoms with E-state index in [-0.39, 0.29) is 5.56 Å². The fraction of sp³-hybridized carbons (Fsp3) is 0.333. The molecule has 0 amide bonds. The molecule has 4 nitrogen and oxygen atoms in total. The average molecular weight is 249 g/mol. The molecule has 0 aliphatic carbocycles. The molecule has 0 aliphatic rings. The summed E-state index contributed by atoms with van der Waals surface area (Å²) in [6.07, 6.45) is 3.70. The van der Waals surface area contributed by atoms with Crippen molar-refractivity contribution in [2.45, 2.75) is 20.0 Å². The normalized spacial score (nSPS) is 10.6. The molecule has 0 spiro atoms. The number of hydrogen-bond acceptors (Lipinski definition) is 4. The predicted octanol–water partition coefficient (Wildman–Crippen LogP) is 1.40. The zero-order chi connectivity index (χ0) is 12.1. The lowest BCUT2D eigenvalue weighted by Gasteiger charge is -2.05. The van der Waals surface area contributed by atoms with Gasteiger partial charge in [-0.3, -0.25) is 4.79 Å². The third-order valence-corrected chi connectivity index (χ3v) is 3.31. The van der Waals surface area contributed by atoms with Crippen LogP contribution in [-0.2, 0) is 13.1 Å². The summed E-state index contributed by atoms with van der Waals surface area (Å²) in [6, 6.07) is 5.20. The van der Waals surface area contributed by atoms with E-state index in [1.165, 1.54) is 4.88 Å². The monoisotopic (exact) mass is 249 g/mol. The first-order chi connectivity index (χ1) is 8.25. The molecule has 2 heterocycles. The molecule has 2 rings (SSSR count). The smallest absolute Gasteiger partial charge is 0.250 e. The van der Waals surface area contributed by atoms with Gasteiger partial charge in [0.15, 0.2) is 0 Å². The number of aryl methyl sites for hydroxylation is 1. The van der Waals surface area contributed by atoms with Crippen molar-refractivity contribution >= 4 is 11.3 Å². The summed E-state index contributed by atoms with van der Waals surface area (Å²) in [5, 5.41) is 4.39. The van der Waals surface area contributed by atoms with Crippen molar-refractivity contribution in [2.75, 3.05) is 6.54 Å². The van der Waals surface area contributed by atoms with Crippen LogP contribution < -0.4 is 10.9 Å². The molecule has 0 saturated heterocycles. The zero-order valence-corrected chi connectivity index (χ0v) is 10.5. The lowest BCUT2D eigenvalue weighted by molar-refractivity contribution is 0.587. The van der Waals surface area contributed by atoms with Gasteiger partial charge in [0.25, 0.3) is 5.56 Å². The third-order valence-electron chi connectivity index (χ3n) is 2.40. The Labute approximate surface area is 104 Å². The van der Waals surface area contributed by atoms with E-state index < -0.39 is 0 Å². The maximum absolute atomic E-state index is 11.4. The van der Waals surface area contributed by atoms with Crippen LogP contribution in [0.5, 0.6) is 0 Å². The second-order valence-electron chi connectivity index (χ2n) is 3.75. The standard InChI is InChI=1S/C12H15N3OS/c1-10-14-9-11(17-10)8-13-5-7-15-6-3-2-4-12(15)16/h2-4,6,9,13H,5,7-8H2,1H3. The Morgan fingerprint density at radius 2 is 2.35 bits per heavy atom. The lowest BCUT2D eigenvalue weighted by Crippen LogP contribution is -2.25.